The molecule has 0 unspecified atom stereocenters. The van der Waals surface area contributed by atoms with Gasteiger partial charge in [-0.1, -0.05) is 35.0 Å². The van der Waals surface area contributed by atoms with Gasteiger partial charge in [0.05, 0.1) is 0 Å². The van der Waals surface area contributed by atoms with E-state index in [2.05, 4.69) is 28.1 Å². The summed E-state index contributed by atoms with van der Waals surface area (Å²) in [6.07, 6.45) is 2.57. The molecule has 0 N–H and O–H groups in total. The van der Waals surface area contributed by atoms with Gasteiger partial charge in [0, 0.05) is 24.0 Å². The Labute approximate surface area is 105 Å². The molecule has 1 aliphatic heterocycles. The molecule has 1 aromatic rings. The van der Waals surface area contributed by atoms with Crippen LogP contribution >= 0.6 is 15.9 Å². The van der Waals surface area contributed by atoms with E-state index in [9.17, 15) is 4.79 Å². The van der Waals surface area contributed by atoms with Crippen molar-refractivity contribution in [3.8, 4) is 0 Å². The fraction of sp³-hybridized carbons (Fsp3) is 0.462. The first kappa shape index (κ1) is 11.6. The van der Waals surface area contributed by atoms with E-state index >= 15 is 0 Å². The molecule has 0 atom stereocenters. The topological polar surface area (TPSA) is 20.3 Å². The van der Waals surface area contributed by atoms with E-state index in [1.165, 1.54) is 15.6 Å². The standard InChI is InChI=1S/C13H16BrNO/c1-2-4-13(16)15-8-7-11-10(9-15)5-3-6-12(11)14/h3,5-6H,2,4,7-9H2,1H3. The molecular formula is C13H16BrNO. The third kappa shape index (κ3) is 2.29. The summed E-state index contributed by atoms with van der Waals surface area (Å²) in [4.78, 5) is 13.8. The highest BCUT2D eigenvalue weighted by molar-refractivity contribution is 9.10. The lowest BCUT2D eigenvalue weighted by Gasteiger charge is -2.29. The van der Waals surface area contributed by atoms with Crippen molar-refractivity contribution in [3.63, 3.8) is 0 Å². The van der Waals surface area contributed by atoms with E-state index in [4.69, 9.17) is 0 Å². The van der Waals surface area contributed by atoms with Crippen LogP contribution in [0.3, 0.4) is 0 Å². The average Bonchev–Trinajstić information content (AvgIpc) is 2.29. The van der Waals surface area contributed by atoms with Gasteiger partial charge in [0.1, 0.15) is 0 Å². The van der Waals surface area contributed by atoms with Crippen molar-refractivity contribution in [1.82, 2.24) is 4.90 Å². The minimum Gasteiger partial charge on any atom is -0.338 e. The molecule has 0 radical (unpaired) electrons. The van der Waals surface area contributed by atoms with Crippen LogP contribution in [0.2, 0.25) is 0 Å². The maximum Gasteiger partial charge on any atom is 0.222 e. The first-order valence-corrected chi connectivity index (χ1v) is 6.55. The SMILES string of the molecule is CCCC(=O)N1CCc2c(Br)cccc2C1. The first-order valence-electron chi connectivity index (χ1n) is 5.76. The van der Waals surface area contributed by atoms with Gasteiger partial charge in [-0.3, -0.25) is 4.79 Å². The fourth-order valence-corrected chi connectivity index (χ4v) is 2.75. The molecule has 1 heterocycles. The lowest BCUT2D eigenvalue weighted by Crippen LogP contribution is -2.35. The monoisotopic (exact) mass is 281 g/mol. The van der Waals surface area contributed by atoms with Crippen molar-refractivity contribution >= 4 is 21.8 Å². The third-order valence-electron chi connectivity index (χ3n) is 3.03. The summed E-state index contributed by atoms with van der Waals surface area (Å²) in [5, 5.41) is 0. The number of hydrogen-bond acceptors (Lipinski definition) is 1. The summed E-state index contributed by atoms with van der Waals surface area (Å²) in [6.45, 7) is 3.68. The van der Waals surface area contributed by atoms with E-state index in [0.29, 0.717) is 6.42 Å². The molecule has 2 nitrogen and oxygen atoms in total. The van der Waals surface area contributed by atoms with Gasteiger partial charge < -0.3 is 4.90 Å². The number of fused-ring (bicyclic) bond motifs is 1. The van der Waals surface area contributed by atoms with Crippen molar-refractivity contribution in [2.45, 2.75) is 32.7 Å². The van der Waals surface area contributed by atoms with Crippen LogP contribution in [0, 0.1) is 0 Å². The van der Waals surface area contributed by atoms with Gasteiger partial charge in [-0.15, -0.1) is 0 Å². The Hall–Kier alpha value is -0.830. The van der Waals surface area contributed by atoms with E-state index in [1.54, 1.807) is 0 Å². The summed E-state index contributed by atoms with van der Waals surface area (Å²) in [6, 6.07) is 6.23. The van der Waals surface area contributed by atoms with Gasteiger partial charge in [-0.2, -0.15) is 0 Å². The minimum atomic E-state index is 0.285. The average molecular weight is 282 g/mol. The van der Waals surface area contributed by atoms with Crippen LogP contribution in [0.15, 0.2) is 22.7 Å². The van der Waals surface area contributed by atoms with Gasteiger partial charge in [0.2, 0.25) is 5.91 Å². The molecule has 1 aromatic carbocycles. The Morgan fingerprint density at radius 3 is 3.06 bits per heavy atom. The zero-order chi connectivity index (χ0) is 11.5. The molecule has 0 aliphatic carbocycles. The van der Waals surface area contributed by atoms with Gasteiger partial charge in [-0.05, 0) is 30.0 Å². The van der Waals surface area contributed by atoms with Crippen LogP contribution < -0.4 is 0 Å². The van der Waals surface area contributed by atoms with Crippen LogP contribution in [0.4, 0.5) is 0 Å². The predicted molar refractivity (Wildman–Crippen MR) is 68.2 cm³/mol. The van der Waals surface area contributed by atoms with Crippen molar-refractivity contribution in [2.24, 2.45) is 0 Å². The van der Waals surface area contributed by atoms with E-state index < -0.39 is 0 Å². The second-order valence-electron chi connectivity index (χ2n) is 4.19. The number of nitrogens with zero attached hydrogens (tertiary/aromatic N) is 1. The Morgan fingerprint density at radius 1 is 1.50 bits per heavy atom. The molecule has 0 saturated heterocycles. The fourth-order valence-electron chi connectivity index (χ4n) is 2.15. The molecule has 0 fully saturated rings. The third-order valence-corrected chi connectivity index (χ3v) is 3.77. The van der Waals surface area contributed by atoms with Crippen LogP contribution in [0.1, 0.15) is 30.9 Å². The van der Waals surface area contributed by atoms with Crippen LogP contribution in [-0.2, 0) is 17.8 Å². The van der Waals surface area contributed by atoms with Gasteiger partial charge in [-0.25, -0.2) is 0 Å². The van der Waals surface area contributed by atoms with Gasteiger partial charge in [0.25, 0.3) is 0 Å². The lowest BCUT2D eigenvalue weighted by molar-refractivity contribution is -0.132. The predicted octanol–water partition coefficient (Wildman–Crippen LogP) is 3.13. The number of rotatable bonds is 2. The van der Waals surface area contributed by atoms with Crippen molar-refractivity contribution in [2.75, 3.05) is 6.54 Å². The summed E-state index contributed by atoms with van der Waals surface area (Å²) in [5.74, 6) is 0.285. The van der Waals surface area contributed by atoms with Crippen molar-refractivity contribution in [3.05, 3.63) is 33.8 Å². The maximum absolute atomic E-state index is 11.8. The molecule has 0 saturated carbocycles. The molecule has 16 heavy (non-hydrogen) atoms. The normalized spacial score (nSPS) is 14.8. The van der Waals surface area contributed by atoms with Crippen LogP contribution in [0.5, 0.6) is 0 Å². The Kier molecular flexibility index (Phi) is 3.64. The van der Waals surface area contributed by atoms with Crippen LogP contribution in [-0.4, -0.2) is 17.4 Å². The number of carbonyl (C=O) groups is 1. The Morgan fingerprint density at radius 2 is 2.31 bits per heavy atom. The molecule has 0 aromatic heterocycles. The molecule has 3 heteroatoms. The highest BCUT2D eigenvalue weighted by Gasteiger charge is 2.20. The zero-order valence-corrected chi connectivity index (χ0v) is 11.1. The zero-order valence-electron chi connectivity index (χ0n) is 9.50. The smallest absolute Gasteiger partial charge is 0.222 e. The van der Waals surface area contributed by atoms with E-state index in [0.717, 1.165) is 25.9 Å². The van der Waals surface area contributed by atoms with Crippen LogP contribution in [0.25, 0.3) is 0 Å². The van der Waals surface area contributed by atoms with Crippen molar-refractivity contribution < 1.29 is 4.79 Å². The molecule has 2 rings (SSSR count). The number of amides is 1. The molecule has 0 spiro atoms. The lowest BCUT2D eigenvalue weighted by atomic mass is 9.99. The highest BCUT2D eigenvalue weighted by atomic mass is 79.9. The molecule has 1 aliphatic rings. The number of hydrogen-bond donors (Lipinski definition) is 0. The Bertz CT molecular complexity index is 403. The summed E-state index contributed by atoms with van der Waals surface area (Å²) in [7, 11) is 0. The van der Waals surface area contributed by atoms with E-state index in [-0.39, 0.29) is 5.91 Å². The molecular weight excluding hydrogens is 266 g/mol. The molecule has 86 valence electrons. The Balaban J connectivity index is 2.15. The number of benzene rings is 1. The highest BCUT2D eigenvalue weighted by Crippen LogP contribution is 2.26. The number of halogens is 1. The number of carbonyl (C=O) groups excluding carboxylic acids is 1. The first-order chi connectivity index (χ1) is 7.72. The summed E-state index contributed by atoms with van der Waals surface area (Å²) >= 11 is 3.57. The molecule has 0 bridgehead atoms. The summed E-state index contributed by atoms with van der Waals surface area (Å²) < 4.78 is 1.17. The van der Waals surface area contributed by atoms with Gasteiger partial charge >= 0.3 is 0 Å². The quantitative estimate of drug-likeness (QED) is 0.816. The maximum atomic E-state index is 11.8. The van der Waals surface area contributed by atoms with E-state index in [1.807, 2.05) is 17.9 Å². The second kappa shape index (κ2) is 5.00. The molecule has 1 amide bonds. The largest absolute Gasteiger partial charge is 0.338 e. The van der Waals surface area contributed by atoms with Crippen molar-refractivity contribution in [1.29, 1.82) is 0 Å². The summed E-state index contributed by atoms with van der Waals surface area (Å²) in [5.41, 5.74) is 2.65. The minimum absolute atomic E-state index is 0.285. The van der Waals surface area contributed by atoms with Gasteiger partial charge in [0.15, 0.2) is 0 Å². The second-order valence-corrected chi connectivity index (χ2v) is 5.05.